The maximum Gasteiger partial charge on any atom is 0.273 e. The van der Waals surface area contributed by atoms with Crippen molar-refractivity contribution in [3.05, 3.63) is 113 Å². The second kappa shape index (κ2) is 14.3. The molecule has 2 unspecified atom stereocenters. The lowest BCUT2D eigenvalue weighted by Gasteiger charge is -2.29. The standard InChI is InChI=1S/C33H36ClN5O3/c34-26-15-13-25(14-16-26)31-20-30(38-42-31)32(40)36-21-27-17-19-39(33(41)29(37-27)12-7-18-35)22-28(23-8-3-1-4-9-23)24-10-5-2-6-11-24/h1-6,8-11,13-16,20,27-29,37H,7,12,17-19,21-22,35H2,(H,36,40). The molecule has 8 nitrogen and oxygen atoms in total. The van der Waals surface area contributed by atoms with Crippen LogP contribution in [0, 0.1) is 0 Å². The molecular formula is C33H36ClN5O3. The minimum Gasteiger partial charge on any atom is -0.355 e. The Hall–Kier alpha value is -3.98. The third-order valence-corrected chi connectivity index (χ3v) is 7.93. The summed E-state index contributed by atoms with van der Waals surface area (Å²) in [5.74, 6) is 0.266. The molecule has 42 heavy (non-hydrogen) atoms. The van der Waals surface area contributed by atoms with Crippen LogP contribution in [0.3, 0.4) is 0 Å². The van der Waals surface area contributed by atoms with E-state index in [9.17, 15) is 9.59 Å². The molecule has 2 atom stereocenters. The Morgan fingerprint density at radius 1 is 1.05 bits per heavy atom. The molecular weight excluding hydrogens is 550 g/mol. The van der Waals surface area contributed by atoms with E-state index in [0.717, 1.165) is 12.0 Å². The molecule has 2 heterocycles. The van der Waals surface area contributed by atoms with Crippen molar-refractivity contribution < 1.29 is 14.1 Å². The first kappa shape index (κ1) is 29.5. The number of nitrogens with one attached hydrogen (secondary N) is 2. The van der Waals surface area contributed by atoms with Gasteiger partial charge < -0.3 is 25.8 Å². The van der Waals surface area contributed by atoms with E-state index in [1.54, 1.807) is 18.2 Å². The van der Waals surface area contributed by atoms with Gasteiger partial charge in [-0.2, -0.15) is 0 Å². The average molecular weight is 586 g/mol. The summed E-state index contributed by atoms with van der Waals surface area (Å²) in [5.41, 5.74) is 9.12. The smallest absolute Gasteiger partial charge is 0.273 e. The molecule has 0 bridgehead atoms. The fraction of sp³-hybridized carbons (Fsp3) is 0.303. The number of nitrogens with two attached hydrogens (primary N) is 1. The average Bonchev–Trinajstić information content (AvgIpc) is 3.47. The number of hydrogen-bond donors (Lipinski definition) is 3. The van der Waals surface area contributed by atoms with E-state index in [-0.39, 0.29) is 35.5 Å². The van der Waals surface area contributed by atoms with Gasteiger partial charge in [-0.3, -0.25) is 9.59 Å². The van der Waals surface area contributed by atoms with Gasteiger partial charge in [0.1, 0.15) is 0 Å². The van der Waals surface area contributed by atoms with Crippen molar-refractivity contribution in [2.24, 2.45) is 5.73 Å². The molecule has 9 heteroatoms. The Balaban J connectivity index is 1.27. The zero-order valence-electron chi connectivity index (χ0n) is 23.4. The van der Waals surface area contributed by atoms with Crippen LogP contribution >= 0.6 is 11.6 Å². The van der Waals surface area contributed by atoms with Crippen LogP contribution in [0.1, 0.15) is 46.8 Å². The predicted molar refractivity (Wildman–Crippen MR) is 164 cm³/mol. The van der Waals surface area contributed by atoms with Gasteiger partial charge in [-0.05, 0) is 61.2 Å². The quantitative estimate of drug-likeness (QED) is 0.232. The monoisotopic (exact) mass is 585 g/mol. The summed E-state index contributed by atoms with van der Waals surface area (Å²) < 4.78 is 5.39. The predicted octanol–water partition coefficient (Wildman–Crippen LogP) is 4.85. The summed E-state index contributed by atoms with van der Waals surface area (Å²) in [7, 11) is 0. The topological polar surface area (TPSA) is 113 Å². The Labute approximate surface area is 251 Å². The molecule has 218 valence electrons. The lowest BCUT2D eigenvalue weighted by Crippen LogP contribution is -2.49. The van der Waals surface area contributed by atoms with Gasteiger partial charge in [0.25, 0.3) is 5.91 Å². The number of benzene rings is 3. The fourth-order valence-corrected chi connectivity index (χ4v) is 5.51. The Kier molecular flexibility index (Phi) is 10.0. The molecule has 4 aromatic rings. The van der Waals surface area contributed by atoms with E-state index < -0.39 is 0 Å². The van der Waals surface area contributed by atoms with Gasteiger partial charge in [0.2, 0.25) is 5.91 Å². The zero-order chi connectivity index (χ0) is 29.3. The van der Waals surface area contributed by atoms with Gasteiger partial charge in [0, 0.05) is 48.2 Å². The molecule has 1 aliphatic heterocycles. The van der Waals surface area contributed by atoms with Crippen LogP contribution in [0.2, 0.25) is 5.02 Å². The van der Waals surface area contributed by atoms with Crippen molar-refractivity contribution in [3.8, 4) is 11.3 Å². The summed E-state index contributed by atoms with van der Waals surface area (Å²) in [6.07, 6.45) is 2.05. The van der Waals surface area contributed by atoms with Crippen LogP contribution in [-0.4, -0.2) is 60.1 Å². The highest BCUT2D eigenvalue weighted by molar-refractivity contribution is 6.30. The number of carbonyl (C=O) groups is 2. The lowest BCUT2D eigenvalue weighted by molar-refractivity contribution is -0.133. The molecule has 3 aromatic carbocycles. The maximum absolute atomic E-state index is 13.8. The molecule has 1 saturated heterocycles. The highest BCUT2D eigenvalue weighted by Gasteiger charge is 2.32. The van der Waals surface area contributed by atoms with Crippen molar-refractivity contribution in [1.82, 2.24) is 20.7 Å². The van der Waals surface area contributed by atoms with E-state index >= 15 is 0 Å². The van der Waals surface area contributed by atoms with E-state index in [4.69, 9.17) is 21.9 Å². The Bertz CT molecular complexity index is 1410. The minimum atomic E-state index is -0.381. The van der Waals surface area contributed by atoms with Crippen LogP contribution in [0.4, 0.5) is 0 Å². The van der Waals surface area contributed by atoms with Gasteiger partial charge in [-0.1, -0.05) is 77.4 Å². The number of nitrogens with zero attached hydrogens (tertiary/aromatic N) is 2. The molecule has 0 radical (unpaired) electrons. The highest BCUT2D eigenvalue weighted by Crippen LogP contribution is 2.27. The second-order valence-electron chi connectivity index (χ2n) is 10.6. The molecule has 1 aliphatic rings. The summed E-state index contributed by atoms with van der Waals surface area (Å²) >= 11 is 5.97. The first-order valence-corrected chi connectivity index (χ1v) is 14.7. The van der Waals surface area contributed by atoms with Gasteiger partial charge >= 0.3 is 0 Å². The normalized spacial score (nSPS) is 17.3. The van der Waals surface area contributed by atoms with E-state index in [1.165, 1.54) is 11.1 Å². The number of hydrogen-bond acceptors (Lipinski definition) is 6. The van der Waals surface area contributed by atoms with Gasteiger partial charge in [-0.15, -0.1) is 0 Å². The lowest BCUT2D eigenvalue weighted by atomic mass is 9.90. The third kappa shape index (κ3) is 7.45. The molecule has 1 fully saturated rings. The Morgan fingerprint density at radius 3 is 2.36 bits per heavy atom. The molecule has 4 N–H and O–H groups in total. The molecule has 2 amide bonds. The van der Waals surface area contributed by atoms with Gasteiger partial charge in [0.05, 0.1) is 6.04 Å². The van der Waals surface area contributed by atoms with Gasteiger partial charge in [0.15, 0.2) is 11.5 Å². The van der Waals surface area contributed by atoms with Crippen LogP contribution in [0.25, 0.3) is 11.3 Å². The molecule has 1 aromatic heterocycles. The highest BCUT2D eigenvalue weighted by atomic mass is 35.5. The minimum absolute atomic E-state index is 0.0461. The maximum atomic E-state index is 13.8. The van der Waals surface area contributed by atoms with Crippen molar-refractivity contribution in [3.63, 3.8) is 0 Å². The molecule has 5 rings (SSSR count). The summed E-state index contributed by atoms with van der Waals surface area (Å²) in [5, 5.41) is 11.0. The number of rotatable bonds is 11. The van der Waals surface area contributed by atoms with E-state index in [1.807, 2.05) is 53.4 Å². The third-order valence-electron chi connectivity index (χ3n) is 7.68. The Morgan fingerprint density at radius 2 is 1.71 bits per heavy atom. The number of halogens is 1. The largest absolute Gasteiger partial charge is 0.355 e. The fourth-order valence-electron chi connectivity index (χ4n) is 5.39. The number of aromatic nitrogens is 1. The van der Waals surface area contributed by atoms with Crippen molar-refractivity contribution in [2.45, 2.75) is 37.3 Å². The first-order chi connectivity index (χ1) is 20.5. The van der Waals surface area contributed by atoms with Crippen molar-refractivity contribution >= 4 is 23.4 Å². The van der Waals surface area contributed by atoms with E-state index in [0.29, 0.717) is 49.8 Å². The second-order valence-corrected chi connectivity index (χ2v) is 11.0. The SMILES string of the molecule is NCCCC1NC(CNC(=O)c2cc(-c3ccc(Cl)cc3)on2)CCN(CC(c2ccccc2)c2ccccc2)C1=O. The molecule has 0 spiro atoms. The van der Waals surface area contributed by atoms with Crippen LogP contribution in [0.15, 0.2) is 95.5 Å². The number of carbonyl (C=O) groups excluding carboxylic acids is 2. The molecule has 0 aliphatic carbocycles. The first-order valence-electron chi connectivity index (χ1n) is 14.4. The molecule has 0 saturated carbocycles. The van der Waals surface area contributed by atoms with Crippen LogP contribution < -0.4 is 16.4 Å². The summed E-state index contributed by atoms with van der Waals surface area (Å²) in [6, 6.07) is 28.9. The summed E-state index contributed by atoms with van der Waals surface area (Å²) in [6.45, 7) is 2.00. The van der Waals surface area contributed by atoms with Crippen LogP contribution in [-0.2, 0) is 4.79 Å². The van der Waals surface area contributed by atoms with Crippen molar-refractivity contribution in [2.75, 3.05) is 26.2 Å². The van der Waals surface area contributed by atoms with Crippen LogP contribution in [0.5, 0.6) is 0 Å². The number of amides is 2. The summed E-state index contributed by atoms with van der Waals surface area (Å²) in [4.78, 5) is 28.7. The van der Waals surface area contributed by atoms with E-state index in [2.05, 4.69) is 40.1 Å². The van der Waals surface area contributed by atoms with Crippen molar-refractivity contribution in [1.29, 1.82) is 0 Å². The van der Waals surface area contributed by atoms with Gasteiger partial charge in [-0.25, -0.2) is 0 Å². The zero-order valence-corrected chi connectivity index (χ0v) is 24.2.